The van der Waals surface area contributed by atoms with E-state index in [1.165, 1.54) is 82.9 Å². The number of piperazine rings is 1. The molecule has 32 heavy (non-hydrogen) atoms. The second-order valence-electron chi connectivity index (χ2n) is 8.90. The molecule has 2 saturated heterocycles. The van der Waals surface area contributed by atoms with E-state index in [1.54, 1.807) is 0 Å². The first-order chi connectivity index (χ1) is 15.2. The Kier molecular flexibility index (Phi) is 12.7. The maximum Gasteiger partial charge on any atom is 0.191 e. The summed E-state index contributed by atoms with van der Waals surface area (Å²) in [6.07, 6.45) is 4.99. The second-order valence-corrected chi connectivity index (χ2v) is 8.90. The summed E-state index contributed by atoms with van der Waals surface area (Å²) in [6, 6.07) is 9.22. The Morgan fingerprint density at radius 2 is 1.72 bits per heavy atom. The number of hydrogen-bond donors (Lipinski definition) is 2. The van der Waals surface area contributed by atoms with Crippen molar-refractivity contribution in [1.29, 1.82) is 0 Å². The van der Waals surface area contributed by atoms with E-state index in [9.17, 15) is 0 Å². The summed E-state index contributed by atoms with van der Waals surface area (Å²) in [5.41, 5.74) is 2.67. The number of nitrogens with one attached hydrogen (secondary N) is 2. The molecule has 0 saturated carbocycles. The standard InChI is InChI=1S/C25H44N6.HI/c1-4-26-25(27-13-6-7-14-30-19-17-29(5-2)18-20-30)28-22(3)23-11-10-12-24(21-23)31-15-8-9-16-31;/h10-12,21-22H,4-9,13-20H2,1-3H3,(H2,26,27,28);1H. The summed E-state index contributed by atoms with van der Waals surface area (Å²) >= 11 is 0. The molecule has 0 spiro atoms. The number of hydrogen-bond acceptors (Lipinski definition) is 4. The maximum absolute atomic E-state index is 4.84. The first-order valence-electron chi connectivity index (χ1n) is 12.5. The lowest BCUT2D eigenvalue weighted by atomic mass is 10.1. The van der Waals surface area contributed by atoms with Gasteiger partial charge < -0.3 is 25.3 Å². The van der Waals surface area contributed by atoms with Crippen molar-refractivity contribution >= 4 is 35.6 Å². The molecule has 2 aliphatic rings. The van der Waals surface area contributed by atoms with Crippen LogP contribution in [-0.2, 0) is 0 Å². The average molecular weight is 557 g/mol. The summed E-state index contributed by atoms with van der Waals surface area (Å²) in [4.78, 5) is 12.5. The molecular weight excluding hydrogens is 511 g/mol. The molecule has 0 aliphatic carbocycles. The average Bonchev–Trinajstić information content (AvgIpc) is 3.34. The van der Waals surface area contributed by atoms with Crippen molar-refractivity contribution < 1.29 is 0 Å². The molecule has 1 atom stereocenters. The topological polar surface area (TPSA) is 46.1 Å². The van der Waals surface area contributed by atoms with Crippen molar-refractivity contribution in [1.82, 2.24) is 20.4 Å². The molecule has 0 radical (unpaired) electrons. The number of halogens is 1. The van der Waals surface area contributed by atoms with Crippen LogP contribution in [0.5, 0.6) is 0 Å². The Morgan fingerprint density at radius 1 is 1.00 bits per heavy atom. The van der Waals surface area contributed by atoms with E-state index in [1.807, 2.05) is 0 Å². The van der Waals surface area contributed by atoms with Gasteiger partial charge in [0.05, 0.1) is 6.04 Å². The monoisotopic (exact) mass is 556 g/mol. The van der Waals surface area contributed by atoms with Crippen LogP contribution in [0.15, 0.2) is 29.3 Å². The van der Waals surface area contributed by atoms with E-state index in [0.717, 1.165) is 25.5 Å². The van der Waals surface area contributed by atoms with Crippen LogP contribution in [-0.4, -0.2) is 81.2 Å². The van der Waals surface area contributed by atoms with Gasteiger partial charge in [-0.1, -0.05) is 19.1 Å². The number of guanidine groups is 1. The van der Waals surface area contributed by atoms with Gasteiger partial charge in [0.1, 0.15) is 0 Å². The third kappa shape index (κ3) is 8.71. The molecule has 0 bridgehead atoms. The first-order valence-corrected chi connectivity index (χ1v) is 12.5. The highest BCUT2D eigenvalue weighted by Gasteiger charge is 2.15. The molecule has 0 amide bonds. The number of rotatable bonds is 10. The van der Waals surface area contributed by atoms with Gasteiger partial charge in [-0.2, -0.15) is 0 Å². The molecule has 1 unspecified atom stereocenters. The van der Waals surface area contributed by atoms with Gasteiger partial charge >= 0.3 is 0 Å². The lowest BCUT2D eigenvalue weighted by Gasteiger charge is -2.33. The number of nitrogens with zero attached hydrogens (tertiary/aromatic N) is 4. The number of unbranched alkanes of at least 4 members (excludes halogenated alkanes) is 1. The van der Waals surface area contributed by atoms with Gasteiger partial charge in [0.2, 0.25) is 0 Å². The second kappa shape index (κ2) is 15.0. The van der Waals surface area contributed by atoms with Crippen molar-refractivity contribution in [3.8, 4) is 0 Å². The van der Waals surface area contributed by atoms with Gasteiger partial charge in [0.15, 0.2) is 5.96 Å². The molecule has 6 nitrogen and oxygen atoms in total. The Hall–Kier alpha value is -1.06. The molecule has 2 heterocycles. The summed E-state index contributed by atoms with van der Waals surface area (Å²) < 4.78 is 0. The Bertz CT molecular complexity index is 668. The van der Waals surface area contributed by atoms with Crippen LogP contribution in [0.2, 0.25) is 0 Å². The smallest absolute Gasteiger partial charge is 0.191 e. The molecular formula is C25H45IN6. The van der Waals surface area contributed by atoms with Crippen molar-refractivity contribution in [2.75, 3.05) is 70.3 Å². The zero-order valence-corrected chi connectivity index (χ0v) is 22.8. The molecule has 7 heteroatoms. The Balaban J connectivity index is 0.00000363. The summed E-state index contributed by atoms with van der Waals surface area (Å²) in [5, 5.41) is 7.03. The van der Waals surface area contributed by atoms with Crippen molar-refractivity contribution in [2.45, 2.75) is 52.5 Å². The molecule has 0 aromatic heterocycles. The maximum atomic E-state index is 4.84. The van der Waals surface area contributed by atoms with E-state index in [4.69, 9.17) is 4.99 Å². The highest BCUT2D eigenvalue weighted by molar-refractivity contribution is 14.0. The first kappa shape index (κ1) is 27.2. The van der Waals surface area contributed by atoms with Crippen LogP contribution in [0.25, 0.3) is 0 Å². The molecule has 1 aromatic carbocycles. The lowest BCUT2D eigenvalue weighted by molar-refractivity contribution is 0.136. The highest BCUT2D eigenvalue weighted by atomic mass is 127. The Morgan fingerprint density at radius 3 is 2.41 bits per heavy atom. The van der Waals surface area contributed by atoms with Crippen LogP contribution < -0.4 is 15.5 Å². The van der Waals surface area contributed by atoms with Gasteiger partial charge in [-0.05, 0) is 70.3 Å². The fourth-order valence-electron chi connectivity index (χ4n) is 4.54. The molecule has 2 aliphatic heterocycles. The zero-order valence-electron chi connectivity index (χ0n) is 20.5. The van der Waals surface area contributed by atoms with Crippen molar-refractivity contribution in [3.05, 3.63) is 29.8 Å². The SMILES string of the molecule is CCNC(=NCCCCN1CCN(CC)CC1)NC(C)c1cccc(N2CCCC2)c1.I. The molecule has 2 fully saturated rings. The largest absolute Gasteiger partial charge is 0.372 e. The van der Waals surface area contributed by atoms with Gasteiger partial charge in [0, 0.05) is 58.0 Å². The van der Waals surface area contributed by atoms with Crippen LogP contribution in [0.1, 0.15) is 58.1 Å². The van der Waals surface area contributed by atoms with Crippen LogP contribution in [0.3, 0.4) is 0 Å². The fourth-order valence-corrected chi connectivity index (χ4v) is 4.54. The minimum absolute atomic E-state index is 0. The number of benzene rings is 1. The molecule has 1 aromatic rings. The lowest BCUT2D eigenvalue weighted by Crippen LogP contribution is -2.46. The Labute approximate surface area is 213 Å². The normalized spacial score (nSPS) is 19.0. The third-order valence-corrected chi connectivity index (χ3v) is 6.60. The van der Waals surface area contributed by atoms with E-state index < -0.39 is 0 Å². The van der Waals surface area contributed by atoms with Gasteiger partial charge in [-0.3, -0.25) is 4.99 Å². The number of likely N-dealkylation sites (N-methyl/N-ethyl adjacent to an activating group) is 1. The van der Waals surface area contributed by atoms with Crippen LogP contribution >= 0.6 is 24.0 Å². The van der Waals surface area contributed by atoms with E-state index in [-0.39, 0.29) is 30.0 Å². The zero-order chi connectivity index (χ0) is 21.9. The summed E-state index contributed by atoms with van der Waals surface area (Å²) in [6.45, 7) is 18.0. The van der Waals surface area contributed by atoms with Crippen molar-refractivity contribution in [3.63, 3.8) is 0 Å². The van der Waals surface area contributed by atoms with Gasteiger partial charge in [-0.25, -0.2) is 0 Å². The predicted molar refractivity (Wildman–Crippen MR) is 149 cm³/mol. The quantitative estimate of drug-likeness (QED) is 0.198. The van der Waals surface area contributed by atoms with Gasteiger partial charge in [-0.15, -0.1) is 24.0 Å². The van der Waals surface area contributed by atoms with Gasteiger partial charge in [0.25, 0.3) is 0 Å². The van der Waals surface area contributed by atoms with E-state index in [2.05, 4.69) is 70.4 Å². The molecule has 2 N–H and O–H groups in total. The van der Waals surface area contributed by atoms with E-state index >= 15 is 0 Å². The predicted octanol–water partition coefficient (Wildman–Crippen LogP) is 3.94. The molecule has 182 valence electrons. The highest BCUT2D eigenvalue weighted by Crippen LogP contribution is 2.23. The van der Waals surface area contributed by atoms with Crippen molar-refractivity contribution in [2.24, 2.45) is 4.99 Å². The third-order valence-electron chi connectivity index (χ3n) is 6.60. The van der Waals surface area contributed by atoms with E-state index in [0.29, 0.717) is 0 Å². The molecule has 3 rings (SSSR count). The summed E-state index contributed by atoms with van der Waals surface area (Å²) in [7, 11) is 0. The minimum atomic E-state index is 0. The minimum Gasteiger partial charge on any atom is -0.372 e. The summed E-state index contributed by atoms with van der Waals surface area (Å²) in [5.74, 6) is 0.929. The fraction of sp³-hybridized carbons (Fsp3) is 0.720. The van der Waals surface area contributed by atoms with Crippen LogP contribution in [0, 0.1) is 0 Å². The number of anilines is 1. The van der Waals surface area contributed by atoms with Crippen LogP contribution in [0.4, 0.5) is 5.69 Å². The number of aliphatic imine (C=N–C) groups is 1.